The third-order valence-electron chi connectivity index (χ3n) is 3.35. The molecule has 0 aliphatic heterocycles. The maximum atomic E-state index is 13.1. The molecule has 0 spiro atoms. The summed E-state index contributed by atoms with van der Waals surface area (Å²) in [6.07, 6.45) is 0. The van der Waals surface area contributed by atoms with Gasteiger partial charge in [0.05, 0.1) is 11.4 Å². The number of carbonyl (C=O) groups excluding carboxylic acids is 1. The molecule has 3 aromatic rings. The van der Waals surface area contributed by atoms with Crippen LogP contribution in [0, 0.1) is 12.7 Å². The number of hydrogen-bond acceptors (Lipinski definition) is 4. The summed E-state index contributed by atoms with van der Waals surface area (Å²) in [5, 5.41) is 7.87. The number of esters is 1. The molecule has 0 aliphatic carbocycles. The van der Waals surface area contributed by atoms with Crippen LogP contribution in [0.2, 0.25) is 0 Å². The van der Waals surface area contributed by atoms with Gasteiger partial charge in [-0.3, -0.25) is 0 Å². The summed E-state index contributed by atoms with van der Waals surface area (Å²) in [5.74, 6) is -0.960. The van der Waals surface area contributed by atoms with E-state index in [1.165, 1.54) is 12.1 Å². The zero-order valence-electron chi connectivity index (χ0n) is 12.4. The molecule has 5 nitrogen and oxygen atoms in total. The van der Waals surface area contributed by atoms with Crippen molar-refractivity contribution in [3.8, 4) is 5.69 Å². The number of halogens is 1. The van der Waals surface area contributed by atoms with Crippen molar-refractivity contribution >= 4 is 5.97 Å². The Balaban J connectivity index is 1.75. The molecular formula is C17H14FN3O2. The highest BCUT2D eigenvalue weighted by Crippen LogP contribution is 2.13. The van der Waals surface area contributed by atoms with Gasteiger partial charge in [-0.2, -0.15) is 0 Å². The van der Waals surface area contributed by atoms with E-state index in [0.717, 1.165) is 5.69 Å². The van der Waals surface area contributed by atoms with E-state index < -0.39 is 5.97 Å². The van der Waals surface area contributed by atoms with E-state index in [2.05, 4.69) is 10.3 Å². The molecule has 1 aromatic heterocycles. The summed E-state index contributed by atoms with van der Waals surface area (Å²) in [4.78, 5) is 12.1. The predicted octanol–water partition coefficient (Wildman–Crippen LogP) is 3.07. The van der Waals surface area contributed by atoms with Gasteiger partial charge >= 0.3 is 5.97 Å². The number of hydrogen-bond donors (Lipinski definition) is 0. The van der Waals surface area contributed by atoms with Crippen LogP contribution in [0.25, 0.3) is 5.69 Å². The highest BCUT2D eigenvalue weighted by Gasteiger charge is 2.18. The molecule has 23 heavy (non-hydrogen) atoms. The first-order valence-electron chi connectivity index (χ1n) is 7.04. The summed E-state index contributed by atoms with van der Waals surface area (Å²) < 4.78 is 19.8. The summed E-state index contributed by atoms with van der Waals surface area (Å²) in [6, 6.07) is 15.3. The smallest absolute Gasteiger partial charge is 0.361 e. The van der Waals surface area contributed by atoms with E-state index in [9.17, 15) is 9.18 Å². The van der Waals surface area contributed by atoms with Crippen LogP contribution < -0.4 is 0 Å². The second-order valence-corrected chi connectivity index (χ2v) is 4.98. The van der Waals surface area contributed by atoms with E-state index in [4.69, 9.17) is 4.74 Å². The van der Waals surface area contributed by atoms with Crippen LogP contribution in [0.15, 0.2) is 54.6 Å². The maximum absolute atomic E-state index is 13.1. The Morgan fingerprint density at radius 3 is 2.70 bits per heavy atom. The Hall–Kier alpha value is -3.02. The Morgan fingerprint density at radius 1 is 1.17 bits per heavy atom. The van der Waals surface area contributed by atoms with Crippen molar-refractivity contribution < 1.29 is 13.9 Å². The molecule has 0 unspecified atom stereocenters. The quantitative estimate of drug-likeness (QED) is 0.695. The lowest BCUT2D eigenvalue weighted by Gasteiger charge is -2.05. The van der Waals surface area contributed by atoms with Crippen molar-refractivity contribution in [1.82, 2.24) is 15.0 Å². The van der Waals surface area contributed by atoms with Crippen molar-refractivity contribution in [2.24, 2.45) is 0 Å². The monoisotopic (exact) mass is 311 g/mol. The van der Waals surface area contributed by atoms with E-state index in [1.807, 2.05) is 30.3 Å². The van der Waals surface area contributed by atoms with Gasteiger partial charge in [-0.1, -0.05) is 35.5 Å². The largest absolute Gasteiger partial charge is 0.456 e. The van der Waals surface area contributed by atoms with Crippen LogP contribution in [0.4, 0.5) is 4.39 Å². The Morgan fingerprint density at radius 2 is 1.96 bits per heavy atom. The maximum Gasteiger partial charge on any atom is 0.361 e. The van der Waals surface area contributed by atoms with Crippen LogP contribution >= 0.6 is 0 Å². The molecule has 0 bridgehead atoms. The van der Waals surface area contributed by atoms with Crippen LogP contribution in [0.3, 0.4) is 0 Å². The highest BCUT2D eigenvalue weighted by atomic mass is 19.1. The molecular weight excluding hydrogens is 297 g/mol. The van der Waals surface area contributed by atoms with E-state index >= 15 is 0 Å². The zero-order chi connectivity index (χ0) is 16.2. The van der Waals surface area contributed by atoms with Crippen molar-refractivity contribution in [2.75, 3.05) is 0 Å². The molecule has 6 heteroatoms. The van der Waals surface area contributed by atoms with Crippen molar-refractivity contribution in [3.63, 3.8) is 0 Å². The molecule has 116 valence electrons. The lowest BCUT2D eigenvalue weighted by molar-refractivity contribution is 0.0464. The molecule has 0 amide bonds. The summed E-state index contributed by atoms with van der Waals surface area (Å²) in [6.45, 7) is 1.72. The minimum Gasteiger partial charge on any atom is -0.456 e. The van der Waals surface area contributed by atoms with Crippen LogP contribution in [0.1, 0.15) is 21.7 Å². The van der Waals surface area contributed by atoms with Gasteiger partial charge in [0.2, 0.25) is 0 Å². The van der Waals surface area contributed by atoms with Crippen molar-refractivity contribution in [2.45, 2.75) is 13.5 Å². The number of carbonyl (C=O) groups is 1. The van der Waals surface area contributed by atoms with Gasteiger partial charge in [-0.05, 0) is 36.8 Å². The first-order valence-corrected chi connectivity index (χ1v) is 7.04. The second-order valence-electron chi connectivity index (χ2n) is 4.98. The Bertz CT molecular complexity index is 831. The molecule has 0 radical (unpaired) electrons. The molecule has 0 atom stereocenters. The van der Waals surface area contributed by atoms with Gasteiger partial charge in [-0.15, -0.1) is 5.10 Å². The van der Waals surface area contributed by atoms with Crippen LogP contribution in [0.5, 0.6) is 0 Å². The van der Waals surface area contributed by atoms with Gasteiger partial charge in [0.25, 0.3) is 0 Å². The number of rotatable bonds is 4. The lowest BCUT2D eigenvalue weighted by Crippen LogP contribution is -2.08. The third kappa shape index (κ3) is 3.26. The first-order chi connectivity index (χ1) is 11.1. The average molecular weight is 311 g/mol. The number of ether oxygens (including phenoxy) is 1. The standard InChI is InChI=1S/C17H14FN3O2/c1-12-16(19-20-21(12)15-8-3-2-4-9-15)17(22)23-11-13-6-5-7-14(18)10-13/h2-10H,11H2,1H3. The molecule has 2 aromatic carbocycles. The minimum atomic E-state index is -0.589. The SMILES string of the molecule is Cc1c(C(=O)OCc2cccc(F)c2)nnn1-c1ccccc1. The molecule has 3 rings (SSSR count). The fraction of sp³-hybridized carbons (Fsp3) is 0.118. The third-order valence-corrected chi connectivity index (χ3v) is 3.35. The fourth-order valence-electron chi connectivity index (χ4n) is 2.18. The van der Waals surface area contributed by atoms with Gasteiger partial charge in [0, 0.05) is 0 Å². The number of benzene rings is 2. The number of para-hydroxylation sites is 1. The van der Waals surface area contributed by atoms with Gasteiger partial charge < -0.3 is 4.74 Å². The molecule has 0 saturated carbocycles. The lowest BCUT2D eigenvalue weighted by atomic mass is 10.2. The van der Waals surface area contributed by atoms with Crippen LogP contribution in [-0.2, 0) is 11.3 Å². The normalized spacial score (nSPS) is 10.5. The van der Waals surface area contributed by atoms with Crippen LogP contribution in [-0.4, -0.2) is 21.0 Å². The molecule has 0 saturated heterocycles. The molecule has 0 fully saturated rings. The zero-order valence-corrected chi connectivity index (χ0v) is 12.4. The van der Waals surface area contributed by atoms with E-state index in [1.54, 1.807) is 23.7 Å². The molecule has 0 aliphatic rings. The fourth-order valence-corrected chi connectivity index (χ4v) is 2.18. The Labute approximate surface area is 132 Å². The summed E-state index contributed by atoms with van der Waals surface area (Å²) in [7, 11) is 0. The molecule has 0 N–H and O–H groups in total. The first kappa shape index (κ1) is 14.9. The Kier molecular flexibility index (Phi) is 4.14. The second kappa shape index (κ2) is 6.39. The average Bonchev–Trinajstić information content (AvgIpc) is 2.95. The highest BCUT2D eigenvalue weighted by molar-refractivity contribution is 5.88. The van der Waals surface area contributed by atoms with Gasteiger partial charge in [-0.25, -0.2) is 13.9 Å². The summed E-state index contributed by atoms with van der Waals surface area (Å²) in [5.41, 5.74) is 2.11. The van der Waals surface area contributed by atoms with E-state index in [0.29, 0.717) is 11.3 Å². The summed E-state index contributed by atoms with van der Waals surface area (Å²) >= 11 is 0. The van der Waals surface area contributed by atoms with Gasteiger partial charge in [0.15, 0.2) is 5.69 Å². The van der Waals surface area contributed by atoms with E-state index in [-0.39, 0.29) is 18.1 Å². The number of aromatic nitrogens is 3. The topological polar surface area (TPSA) is 57.0 Å². The van der Waals surface area contributed by atoms with Crippen molar-refractivity contribution in [1.29, 1.82) is 0 Å². The molecule has 1 heterocycles. The van der Waals surface area contributed by atoms with Gasteiger partial charge in [0.1, 0.15) is 12.4 Å². The van der Waals surface area contributed by atoms with Crippen molar-refractivity contribution in [3.05, 3.63) is 77.4 Å². The predicted molar refractivity (Wildman–Crippen MR) is 81.6 cm³/mol. The minimum absolute atomic E-state index is 0.0196. The number of nitrogens with zero attached hydrogens (tertiary/aromatic N) is 3.